The van der Waals surface area contributed by atoms with Crippen LogP contribution in [0.15, 0.2) is 44.4 Å². The summed E-state index contributed by atoms with van der Waals surface area (Å²) >= 11 is 7.14. The highest BCUT2D eigenvalue weighted by Gasteiger charge is 2.14. The molecule has 140 valence electrons. The van der Waals surface area contributed by atoms with Crippen LogP contribution in [-0.2, 0) is 4.84 Å². The summed E-state index contributed by atoms with van der Waals surface area (Å²) < 4.78 is 13.3. The Labute approximate surface area is 171 Å². The Bertz CT molecular complexity index is 755. The molecule has 2 rings (SSSR count). The SMILES string of the molecule is CCO/N=C\c1cc(Br)c(Oc2ccc(OC)c(C(C)CC)c2)c(Br)c1. The third-order valence-corrected chi connectivity index (χ3v) is 5.17. The van der Waals surface area contributed by atoms with E-state index in [0.29, 0.717) is 18.3 Å². The lowest BCUT2D eigenvalue weighted by Gasteiger charge is -2.17. The van der Waals surface area contributed by atoms with Gasteiger partial charge in [-0.25, -0.2) is 0 Å². The van der Waals surface area contributed by atoms with E-state index < -0.39 is 0 Å². The normalized spacial score (nSPS) is 12.2. The van der Waals surface area contributed by atoms with Gasteiger partial charge in [-0.05, 0) is 87.0 Å². The number of hydrogen-bond donors (Lipinski definition) is 0. The van der Waals surface area contributed by atoms with Gasteiger partial charge in [0.15, 0.2) is 5.75 Å². The Hall–Kier alpha value is -1.53. The van der Waals surface area contributed by atoms with Gasteiger partial charge in [0.2, 0.25) is 0 Å². The van der Waals surface area contributed by atoms with Crippen molar-refractivity contribution in [1.82, 2.24) is 0 Å². The zero-order chi connectivity index (χ0) is 19.1. The van der Waals surface area contributed by atoms with E-state index in [2.05, 4.69) is 50.9 Å². The Balaban J connectivity index is 2.30. The first kappa shape index (κ1) is 20.8. The molecule has 0 N–H and O–H groups in total. The number of rotatable bonds is 8. The van der Waals surface area contributed by atoms with Crippen LogP contribution >= 0.6 is 31.9 Å². The number of oxime groups is 1. The maximum Gasteiger partial charge on any atom is 0.155 e. The molecule has 0 aliphatic carbocycles. The van der Waals surface area contributed by atoms with Crippen molar-refractivity contribution in [3.8, 4) is 17.2 Å². The Morgan fingerprint density at radius 2 is 1.81 bits per heavy atom. The highest BCUT2D eigenvalue weighted by atomic mass is 79.9. The van der Waals surface area contributed by atoms with Gasteiger partial charge in [-0.15, -0.1) is 0 Å². The van der Waals surface area contributed by atoms with Gasteiger partial charge in [0.25, 0.3) is 0 Å². The maximum absolute atomic E-state index is 6.13. The molecule has 0 bridgehead atoms. The van der Waals surface area contributed by atoms with E-state index in [4.69, 9.17) is 14.3 Å². The number of benzene rings is 2. The molecule has 0 fully saturated rings. The summed E-state index contributed by atoms with van der Waals surface area (Å²) in [5.74, 6) is 2.74. The highest BCUT2D eigenvalue weighted by molar-refractivity contribution is 9.11. The molecule has 0 radical (unpaired) electrons. The molecule has 26 heavy (non-hydrogen) atoms. The molecule has 0 saturated heterocycles. The minimum Gasteiger partial charge on any atom is -0.496 e. The Kier molecular flexibility index (Phi) is 7.97. The number of halogens is 2. The van der Waals surface area contributed by atoms with E-state index in [1.165, 1.54) is 0 Å². The molecule has 6 heteroatoms. The molecule has 0 aromatic heterocycles. The molecule has 0 saturated carbocycles. The monoisotopic (exact) mass is 483 g/mol. The fourth-order valence-electron chi connectivity index (χ4n) is 2.42. The van der Waals surface area contributed by atoms with Crippen LogP contribution < -0.4 is 9.47 Å². The van der Waals surface area contributed by atoms with Gasteiger partial charge in [-0.3, -0.25) is 0 Å². The second kappa shape index (κ2) is 9.97. The molecule has 2 aromatic rings. The lowest BCUT2D eigenvalue weighted by Crippen LogP contribution is -1.98. The summed E-state index contributed by atoms with van der Waals surface area (Å²) in [4.78, 5) is 5.01. The fraction of sp³-hybridized carbons (Fsp3) is 0.350. The van der Waals surface area contributed by atoms with Crippen LogP contribution in [0.25, 0.3) is 0 Å². The average Bonchev–Trinajstić information content (AvgIpc) is 2.64. The molecule has 0 spiro atoms. The predicted octanol–water partition coefficient (Wildman–Crippen LogP) is 6.90. The third kappa shape index (κ3) is 5.24. The third-order valence-electron chi connectivity index (χ3n) is 3.99. The zero-order valence-electron chi connectivity index (χ0n) is 15.4. The maximum atomic E-state index is 6.13. The van der Waals surface area contributed by atoms with Crippen molar-refractivity contribution in [1.29, 1.82) is 0 Å². The van der Waals surface area contributed by atoms with Gasteiger partial charge in [-0.2, -0.15) is 0 Å². The van der Waals surface area contributed by atoms with Crippen LogP contribution in [0.4, 0.5) is 0 Å². The van der Waals surface area contributed by atoms with Crippen molar-refractivity contribution in [2.24, 2.45) is 5.16 Å². The van der Waals surface area contributed by atoms with Crippen molar-refractivity contribution in [2.75, 3.05) is 13.7 Å². The lowest BCUT2D eigenvalue weighted by atomic mass is 9.97. The summed E-state index contributed by atoms with van der Waals surface area (Å²) in [5, 5.41) is 3.89. The minimum absolute atomic E-state index is 0.387. The van der Waals surface area contributed by atoms with Crippen molar-refractivity contribution in [2.45, 2.75) is 33.1 Å². The van der Waals surface area contributed by atoms with Crippen LogP contribution in [0.1, 0.15) is 44.2 Å². The van der Waals surface area contributed by atoms with Gasteiger partial charge < -0.3 is 14.3 Å². The molecule has 1 unspecified atom stereocenters. The van der Waals surface area contributed by atoms with Crippen molar-refractivity contribution in [3.05, 3.63) is 50.4 Å². The summed E-state index contributed by atoms with van der Waals surface area (Å²) in [5.41, 5.74) is 2.04. The molecule has 2 aromatic carbocycles. The van der Waals surface area contributed by atoms with Gasteiger partial charge >= 0.3 is 0 Å². The van der Waals surface area contributed by atoms with Crippen LogP contribution in [0, 0.1) is 0 Å². The van der Waals surface area contributed by atoms with E-state index in [1.54, 1.807) is 13.3 Å². The standard InChI is InChI=1S/C20H23Br2NO3/c1-5-13(3)16-11-15(7-8-19(16)24-4)26-20-17(21)9-14(10-18(20)22)12-23-25-6-2/h7-13H,5-6H2,1-4H3/b23-12-. The van der Waals surface area contributed by atoms with Crippen LogP contribution in [0.5, 0.6) is 17.2 Å². The van der Waals surface area contributed by atoms with E-state index in [1.807, 2.05) is 37.3 Å². The molecule has 0 aliphatic heterocycles. The van der Waals surface area contributed by atoms with E-state index in [9.17, 15) is 0 Å². The zero-order valence-corrected chi connectivity index (χ0v) is 18.6. The molecule has 0 heterocycles. The quantitative estimate of drug-likeness (QED) is 0.302. The first-order valence-corrected chi connectivity index (χ1v) is 10.1. The average molecular weight is 485 g/mol. The molecular formula is C20H23Br2NO3. The molecule has 4 nitrogen and oxygen atoms in total. The summed E-state index contributed by atoms with van der Waals surface area (Å²) in [6, 6.07) is 9.76. The smallest absolute Gasteiger partial charge is 0.155 e. The first-order valence-electron chi connectivity index (χ1n) is 8.50. The van der Waals surface area contributed by atoms with E-state index >= 15 is 0 Å². The molecule has 0 amide bonds. The summed E-state index contributed by atoms with van der Waals surface area (Å²) in [7, 11) is 1.69. The number of methoxy groups -OCH3 is 1. The number of hydrogen-bond acceptors (Lipinski definition) is 4. The number of ether oxygens (including phenoxy) is 2. The molecular weight excluding hydrogens is 462 g/mol. The molecule has 1 atom stereocenters. The minimum atomic E-state index is 0.387. The number of nitrogens with zero attached hydrogens (tertiary/aromatic N) is 1. The Morgan fingerprint density at radius 1 is 1.12 bits per heavy atom. The van der Waals surface area contributed by atoms with Crippen LogP contribution in [0.2, 0.25) is 0 Å². The topological polar surface area (TPSA) is 40.0 Å². The van der Waals surface area contributed by atoms with Gasteiger partial charge in [-0.1, -0.05) is 19.0 Å². The summed E-state index contributed by atoms with van der Waals surface area (Å²) in [6.45, 7) is 6.77. The van der Waals surface area contributed by atoms with Crippen LogP contribution in [-0.4, -0.2) is 19.9 Å². The first-order chi connectivity index (χ1) is 12.5. The van der Waals surface area contributed by atoms with Gasteiger partial charge in [0.05, 0.1) is 22.3 Å². The summed E-state index contributed by atoms with van der Waals surface area (Å²) in [6.07, 6.45) is 2.69. The molecule has 0 aliphatic rings. The largest absolute Gasteiger partial charge is 0.496 e. The second-order valence-corrected chi connectivity index (χ2v) is 7.49. The lowest BCUT2D eigenvalue weighted by molar-refractivity contribution is 0.160. The highest BCUT2D eigenvalue weighted by Crippen LogP contribution is 2.39. The predicted molar refractivity (Wildman–Crippen MR) is 113 cm³/mol. The van der Waals surface area contributed by atoms with Gasteiger partial charge in [0, 0.05) is 5.56 Å². The van der Waals surface area contributed by atoms with E-state index in [0.717, 1.165) is 38.0 Å². The van der Waals surface area contributed by atoms with Crippen molar-refractivity contribution >= 4 is 38.1 Å². The van der Waals surface area contributed by atoms with E-state index in [-0.39, 0.29) is 0 Å². The Morgan fingerprint density at radius 3 is 2.38 bits per heavy atom. The van der Waals surface area contributed by atoms with Gasteiger partial charge in [0.1, 0.15) is 18.1 Å². The van der Waals surface area contributed by atoms with Crippen molar-refractivity contribution < 1.29 is 14.3 Å². The fourth-order valence-corrected chi connectivity index (χ4v) is 3.81. The van der Waals surface area contributed by atoms with Crippen molar-refractivity contribution in [3.63, 3.8) is 0 Å². The second-order valence-electron chi connectivity index (χ2n) is 5.78. The van der Waals surface area contributed by atoms with Crippen LogP contribution in [0.3, 0.4) is 0 Å².